The number of aromatic amines is 1. The summed E-state index contributed by atoms with van der Waals surface area (Å²) in [5.74, 6) is 1.08. The quantitative estimate of drug-likeness (QED) is 0.837. The van der Waals surface area contributed by atoms with Gasteiger partial charge in [0.05, 0.1) is 30.7 Å². The van der Waals surface area contributed by atoms with Gasteiger partial charge in [-0.3, -0.25) is 0 Å². The Morgan fingerprint density at radius 2 is 2.30 bits per heavy atom. The second-order valence-corrected chi connectivity index (χ2v) is 6.50. The second kappa shape index (κ2) is 8.08. The minimum atomic E-state index is -0.363. The average molecular weight is 368 g/mol. The molecule has 0 atom stereocenters. The van der Waals surface area contributed by atoms with Crippen molar-refractivity contribution in [3.8, 4) is 17.3 Å². The molecule has 0 saturated heterocycles. The predicted molar refractivity (Wildman–Crippen MR) is 101 cm³/mol. The van der Waals surface area contributed by atoms with E-state index in [0.717, 1.165) is 42.0 Å². The van der Waals surface area contributed by atoms with Gasteiger partial charge in [0.25, 0.3) is 0 Å². The highest BCUT2D eigenvalue weighted by molar-refractivity contribution is 5.78. The van der Waals surface area contributed by atoms with E-state index in [9.17, 15) is 10.1 Å². The highest BCUT2D eigenvalue weighted by Crippen LogP contribution is 2.34. The van der Waals surface area contributed by atoms with E-state index in [-0.39, 0.29) is 11.9 Å². The lowest BCUT2D eigenvalue weighted by atomic mass is 9.94. The van der Waals surface area contributed by atoms with Crippen LogP contribution in [0.5, 0.6) is 0 Å². The van der Waals surface area contributed by atoms with Crippen molar-refractivity contribution in [2.75, 3.05) is 18.9 Å². The Hall–Kier alpha value is -3.08. The highest BCUT2D eigenvalue weighted by Gasteiger charge is 2.28. The number of nitrogen functional groups attached to an aromatic ring is 1. The first-order valence-corrected chi connectivity index (χ1v) is 9.26. The van der Waals surface area contributed by atoms with Crippen LogP contribution in [-0.2, 0) is 24.1 Å². The van der Waals surface area contributed by atoms with Gasteiger partial charge in [0.2, 0.25) is 0 Å². The number of nitriles is 1. The zero-order valence-electron chi connectivity index (χ0n) is 15.7. The number of nitrogens with two attached hydrogens (primary N) is 1. The van der Waals surface area contributed by atoms with Crippen LogP contribution in [-0.4, -0.2) is 39.1 Å². The standard InChI is InChI=1S/C19H24N6O2/c1-3-5-6-16-22-10-15(23-16)17-12(9-20)18(21)24-14-7-8-25(11-13(14)17)19(26)27-4-2/h10H,3-8,11H2,1-2H3,(H2,21,24)(H,22,23). The molecule has 3 heterocycles. The molecule has 1 aliphatic rings. The SMILES string of the molecule is CCCCc1ncc(-c2c(C#N)c(N)nc3c2CN(C(=O)OCC)CC3)[nH]1. The molecule has 27 heavy (non-hydrogen) atoms. The van der Waals surface area contributed by atoms with E-state index >= 15 is 0 Å². The third-order valence-corrected chi connectivity index (χ3v) is 4.68. The van der Waals surface area contributed by atoms with Gasteiger partial charge in [-0.1, -0.05) is 13.3 Å². The number of carbonyl (C=O) groups excluding carboxylic acids is 1. The molecular weight excluding hydrogens is 344 g/mol. The summed E-state index contributed by atoms with van der Waals surface area (Å²) in [6.07, 6.45) is 4.88. The number of hydrogen-bond donors (Lipinski definition) is 2. The number of unbranched alkanes of at least 4 members (excludes halogenated alkanes) is 1. The van der Waals surface area contributed by atoms with E-state index in [1.165, 1.54) is 0 Å². The van der Waals surface area contributed by atoms with Crippen LogP contribution in [0.3, 0.4) is 0 Å². The second-order valence-electron chi connectivity index (χ2n) is 6.50. The van der Waals surface area contributed by atoms with E-state index in [1.807, 2.05) is 0 Å². The van der Waals surface area contributed by atoms with Gasteiger partial charge < -0.3 is 20.4 Å². The zero-order chi connectivity index (χ0) is 19.4. The predicted octanol–water partition coefficient (Wildman–Crippen LogP) is 2.78. The van der Waals surface area contributed by atoms with Gasteiger partial charge in [0.15, 0.2) is 0 Å². The molecule has 8 heteroatoms. The molecular formula is C19H24N6O2. The minimum absolute atomic E-state index is 0.209. The number of imidazole rings is 1. The molecule has 2 aromatic heterocycles. The molecule has 1 aliphatic heterocycles. The summed E-state index contributed by atoms with van der Waals surface area (Å²) in [6, 6.07) is 2.16. The summed E-state index contributed by atoms with van der Waals surface area (Å²) in [5.41, 5.74) is 9.41. The Balaban J connectivity index is 2.05. The molecule has 0 fully saturated rings. The zero-order valence-corrected chi connectivity index (χ0v) is 15.7. The van der Waals surface area contributed by atoms with Gasteiger partial charge in [0.1, 0.15) is 23.3 Å². The van der Waals surface area contributed by atoms with Crippen LogP contribution >= 0.6 is 0 Å². The van der Waals surface area contributed by atoms with Crippen molar-refractivity contribution in [2.24, 2.45) is 0 Å². The highest BCUT2D eigenvalue weighted by atomic mass is 16.6. The van der Waals surface area contributed by atoms with Crippen LogP contribution in [0.2, 0.25) is 0 Å². The first kappa shape index (κ1) is 18.7. The molecule has 3 rings (SSSR count). The summed E-state index contributed by atoms with van der Waals surface area (Å²) in [5, 5.41) is 9.66. The molecule has 0 unspecified atom stereocenters. The van der Waals surface area contributed by atoms with Gasteiger partial charge in [-0.15, -0.1) is 0 Å². The number of carbonyl (C=O) groups is 1. The third kappa shape index (κ3) is 3.72. The first-order valence-electron chi connectivity index (χ1n) is 9.26. The fraction of sp³-hybridized carbons (Fsp3) is 0.474. The largest absolute Gasteiger partial charge is 0.450 e. The van der Waals surface area contributed by atoms with Crippen LogP contribution in [0.1, 0.15) is 49.3 Å². The summed E-state index contributed by atoms with van der Waals surface area (Å²) >= 11 is 0. The summed E-state index contributed by atoms with van der Waals surface area (Å²) in [4.78, 5) is 26.0. The Morgan fingerprint density at radius 3 is 3.00 bits per heavy atom. The third-order valence-electron chi connectivity index (χ3n) is 4.68. The molecule has 1 amide bonds. The number of nitrogens with zero attached hydrogens (tertiary/aromatic N) is 4. The molecule has 3 N–H and O–H groups in total. The lowest BCUT2D eigenvalue weighted by Gasteiger charge is -2.29. The number of nitrogens with one attached hydrogen (secondary N) is 1. The number of H-pyrrole nitrogens is 1. The molecule has 2 aromatic rings. The van der Waals surface area contributed by atoms with E-state index < -0.39 is 0 Å². The fourth-order valence-electron chi connectivity index (χ4n) is 3.32. The van der Waals surface area contributed by atoms with Crippen molar-refractivity contribution >= 4 is 11.9 Å². The normalized spacial score (nSPS) is 13.1. The number of fused-ring (bicyclic) bond motifs is 1. The van der Waals surface area contributed by atoms with Crippen LogP contribution in [0.25, 0.3) is 11.3 Å². The van der Waals surface area contributed by atoms with Crippen molar-refractivity contribution in [1.29, 1.82) is 5.26 Å². The Kier molecular flexibility index (Phi) is 5.60. The summed E-state index contributed by atoms with van der Waals surface area (Å²) < 4.78 is 5.13. The number of amides is 1. The van der Waals surface area contributed by atoms with Crippen molar-refractivity contribution < 1.29 is 9.53 Å². The summed E-state index contributed by atoms with van der Waals surface area (Å²) in [6.45, 7) is 5.06. The Morgan fingerprint density at radius 1 is 1.48 bits per heavy atom. The van der Waals surface area contributed by atoms with Crippen molar-refractivity contribution in [3.05, 3.63) is 28.8 Å². The number of aryl methyl sites for hydroxylation is 1. The van der Waals surface area contributed by atoms with Crippen molar-refractivity contribution in [3.63, 3.8) is 0 Å². The smallest absolute Gasteiger partial charge is 0.410 e. The van der Waals surface area contributed by atoms with E-state index in [1.54, 1.807) is 18.0 Å². The van der Waals surface area contributed by atoms with E-state index in [2.05, 4.69) is 27.9 Å². The number of rotatable bonds is 5. The van der Waals surface area contributed by atoms with Crippen LogP contribution < -0.4 is 5.73 Å². The lowest BCUT2D eigenvalue weighted by molar-refractivity contribution is 0.102. The molecule has 8 nitrogen and oxygen atoms in total. The molecule has 142 valence electrons. The minimum Gasteiger partial charge on any atom is -0.450 e. The van der Waals surface area contributed by atoms with Gasteiger partial charge >= 0.3 is 6.09 Å². The summed E-state index contributed by atoms with van der Waals surface area (Å²) in [7, 11) is 0. The first-order chi connectivity index (χ1) is 13.1. The molecule has 0 spiro atoms. The van der Waals surface area contributed by atoms with Gasteiger partial charge in [-0.25, -0.2) is 14.8 Å². The molecule has 0 aliphatic carbocycles. The van der Waals surface area contributed by atoms with Gasteiger partial charge in [0, 0.05) is 30.5 Å². The molecule has 0 saturated carbocycles. The van der Waals surface area contributed by atoms with Crippen LogP contribution in [0.4, 0.5) is 10.6 Å². The number of aromatic nitrogens is 3. The number of ether oxygens (including phenoxy) is 1. The topological polar surface area (TPSA) is 121 Å². The monoisotopic (exact) mass is 368 g/mol. The lowest BCUT2D eigenvalue weighted by Crippen LogP contribution is -2.37. The molecule has 0 radical (unpaired) electrons. The van der Waals surface area contributed by atoms with Crippen LogP contribution in [0.15, 0.2) is 6.20 Å². The molecule has 0 bridgehead atoms. The number of pyridine rings is 1. The number of hydrogen-bond acceptors (Lipinski definition) is 6. The van der Waals surface area contributed by atoms with Crippen molar-refractivity contribution in [2.45, 2.75) is 46.1 Å². The maximum atomic E-state index is 12.2. The maximum absolute atomic E-state index is 12.2. The average Bonchev–Trinajstić information content (AvgIpc) is 3.13. The van der Waals surface area contributed by atoms with Gasteiger partial charge in [-0.05, 0) is 13.3 Å². The Labute approximate surface area is 158 Å². The van der Waals surface area contributed by atoms with Crippen LogP contribution in [0, 0.1) is 11.3 Å². The van der Waals surface area contributed by atoms with Gasteiger partial charge in [-0.2, -0.15) is 5.26 Å². The van der Waals surface area contributed by atoms with E-state index in [0.29, 0.717) is 37.2 Å². The Bertz CT molecular complexity index is 883. The maximum Gasteiger partial charge on any atom is 0.410 e. The fourth-order valence-corrected chi connectivity index (χ4v) is 3.32. The van der Waals surface area contributed by atoms with Crippen molar-refractivity contribution in [1.82, 2.24) is 19.9 Å². The van der Waals surface area contributed by atoms with E-state index in [4.69, 9.17) is 10.5 Å². The molecule has 0 aromatic carbocycles. The number of anilines is 1.